The minimum Gasteiger partial charge on any atom is -0.340 e. The zero-order valence-corrected chi connectivity index (χ0v) is 19.3. The number of aromatic nitrogens is 1. The molecule has 1 amide bonds. The molecule has 0 atom stereocenters. The molecule has 1 aliphatic heterocycles. The third-order valence-corrected chi connectivity index (χ3v) is 6.80. The van der Waals surface area contributed by atoms with E-state index in [0.717, 1.165) is 56.2 Å². The average Bonchev–Trinajstić information content (AvgIpc) is 2.96. The number of hydrogen-bond acceptors (Lipinski definition) is 4. The van der Waals surface area contributed by atoms with Gasteiger partial charge in [-0.2, -0.15) is 0 Å². The lowest BCUT2D eigenvalue weighted by Crippen LogP contribution is -2.31. The van der Waals surface area contributed by atoms with Crippen molar-refractivity contribution in [2.24, 2.45) is 0 Å². The van der Waals surface area contributed by atoms with E-state index >= 15 is 0 Å². The van der Waals surface area contributed by atoms with Gasteiger partial charge in [0.05, 0.1) is 11.3 Å². The van der Waals surface area contributed by atoms with Crippen molar-refractivity contribution in [3.05, 3.63) is 96.7 Å². The number of hydrogen-bond donors (Lipinski definition) is 1. The Bertz CT molecular complexity index is 1340. The van der Waals surface area contributed by atoms with E-state index in [2.05, 4.69) is 47.6 Å². The van der Waals surface area contributed by atoms with Crippen LogP contribution < -0.4 is 10.2 Å². The topological polar surface area (TPSA) is 45.2 Å². The minimum atomic E-state index is 0.0365. The van der Waals surface area contributed by atoms with E-state index < -0.39 is 0 Å². The lowest BCUT2D eigenvalue weighted by Gasteiger charge is -2.22. The molecule has 1 aromatic heterocycles. The van der Waals surface area contributed by atoms with Crippen LogP contribution in [0.1, 0.15) is 30.1 Å². The summed E-state index contributed by atoms with van der Waals surface area (Å²) in [6, 6.07) is 24.2. The van der Waals surface area contributed by atoms with E-state index in [-0.39, 0.29) is 5.91 Å². The highest BCUT2D eigenvalue weighted by Crippen LogP contribution is 2.43. The van der Waals surface area contributed by atoms with Crippen LogP contribution in [0.3, 0.4) is 0 Å². The summed E-state index contributed by atoms with van der Waals surface area (Å²) in [4.78, 5) is 21.9. The maximum absolute atomic E-state index is 13.4. The average molecular weight is 452 g/mol. The van der Waals surface area contributed by atoms with Crippen LogP contribution in [0, 0.1) is 0 Å². The standard InChI is InChI=1S/C28H25N3OS/c1-2-3-4-9-18-31-24-15-14-21(30-27-22-11-6-5-10-20(22)16-17-29-27)19-26(24)33-25-13-8-7-12-23(25)28(31)32/h4-17,19H,2-3,18H2,1H3,(H,29,30)/b9-4+. The van der Waals surface area contributed by atoms with Gasteiger partial charge in [0.15, 0.2) is 0 Å². The molecule has 164 valence electrons. The maximum Gasteiger partial charge on any atom is 0.259 e. The highest BCUT2D eigenvalue weighted by molar-refractivity contribution is 7.99. The van der Waals surface area contributed by atoms with Crippen molar-refractivity contribution in [1.82, 2.24) is 4.98 Å². The molecule has 0 fully saturated rings. The Morgan fingerprint density at radius 3 is 2.73 bits per heavy atom. The van der Waals surface area contributed by atoms with Crippen LogP contribution in [0.15, 0.2) is 101 Å². The maximum atomic E-state index is 13.4. The summed E-state index contributed by atoms with van der Waals surface area (Å²) in [5.41, 5.74) is 2.62. The number of nitrogens with zero attached hydrogens (tertiary/aromatic N) is 2. The smallest absolute Gasteiger partial charge is 0.259 e. The summed E-state index contributed by atoms with van der Waals surface area (Å²) in [7, 11) is 0. The van der Waals surface area contributed by atoms with Gasteiger partial charge >= 0.3 is 0 Å². The molecule has 4 nitrogen and oxygen atoms in total. The highest BCUT2D eigenvalue weighted by atomic mass is 32.2. The van der Waals surface area contributed by atoms with Crippen molar-refractivity contribution in [1.29, 1.82) is 0 Å². The van der Waals surface area contributed by atoms with Crippen LogP contribution in [0.5, 0.6) is 0 Å². The van der Waals surface area contributed by atoms with Crippen LogP contribution >= 0.6 is 11.8 Å². The van der Waals surface area contributed by atoms with Gasteiger partial charge in [0.2, 0.25) is 0 Å². The van der Waals surface area contributed by atoms with E-state index in [1.54, 1.807) is 11.8 Å². The van der Waals surface area contributed by atoms with E-state index in [0.29, 0.717) is 6.54 Å². The Kier molecular flexibility index (Phi) is 6.13. The quantitative estimate of drug-likeness (QED) is 0.309. The molecule has 0 bridgehead atoms. The first-order valence-electron chi connectivity index (χ1n) is 11.2. The molecule has 5 rings (SSSR count). The van der Waals surface area contributed by atoms with Gasteiger partial charge in [0.1, 0.15) is 5.82 Å². The molecule has 0 saturated carbocycles. The number of carbonyl (C=O) groups is 1. The van der Waals surface area contributed by atoms with E-state index in [4.69, 9.17) is 0 Å². The Labute approximate surface area is 198 Å². The number of anilines is 3. The summed E-state index contributed by atoms with van der Waals surface area (Å²) in [5, 5.41) is 5.70. The Balaban J connectivity index is 1.53. The molecule has 1 N–H and O–H groups in total. The number of pyridine rings is 1. The number of rotatable bonds is 6. The molecular weight excluding hydrogens is 426 g/mol. The van der Waals surface area contributed by atoms with Gasteiger partial charge in [-0.1, -0.05) is 73.7 Å². The second kappa shape index (κ2) is 9.51. The fourth-order valence-corrected chi connectivity index (χ4v) is 5.12. The molecular formula is C28H25N3OS. The molecule has 2 heterocycles. The normalized spacial score (nSPS) is 13.1. The Morgan fingerprint density at radius 2 is 1.82 bits per heavy atom. The predicted octanol–water partition coefficient (Wildman–Crippen LogP) is 7.45. The Morgan fingerprint density at radius 1 is 0.970 bits per heavy atom. The van der Waals surface area contributed by atoms with Gasteiger partial charge in [0.25, 0.3) is 5.91 Å². The zero-order chi connectivity index (χ0) is 22.6. The van der Waals surface area contributed by atoms with Crippen LogP contribution in [0.2, 0.25) is 0 Å². The van der Waals surface area contributed by atoms with Crippen molar-refractivity contribution in [2.75, 3.05) is 16.8 Å². The number of nitrogens with one attached hydrogen (secondary N) is 1. The first-order chi connectivity index (χ1) is 16.2. The number of fused-ring (bicyclic) bond motifs is 3. The molecule has 0 spiro atoms. The Hall–Kier alpha value is -3.57. The van der Waals surface area contributed by atoms with Crippen LogP contribution in [0.4, 0.5) is 17.2 Å². The van der Waals surface area contributed by atoms with Crippen molar-refractivity contribution in [2.45, 2.75) is 29.6 Å². The number of unbranched alkanes of at least 4 members (excludes halogenated alkanes) is 1. The van der Waals surface area contributed by atoms with Crippen LogP contribution in [-0.2, 0) is 0 Å². The molecule has 0 unspecified atom stereocenters. The van der Waals surface area contributed by atoms with Gasteiger partial charge in [-0.3, -0.25) is 4.79 Å². The zero-order valence-electron chi connectivity index (χ0n) is 18.5. The first kappa shape index (κ1) is 21.3. The summed E-state index contributed by atoms with van der Waals surface area (Å²) >= 11 is 1.64. The molecule has 33 heavy (non-hydrogen) atoms. The summed E-state index contributed by atoms with van der Waals surface area (Å²) < 4.78 is 0. The van der Waals surface area contributed by atoms with Crippen LogP contribution in [0.25, 0.3) is 10.8 Å². The number of amides is 1. The second-order valence-electron chi connectivity index (χ2n) is 7.96. The van der Waals surface area contributed by atoms with Crippen LogP contribution in [-0.4, -0.2) is 17.4 Å². The predicted molar refractivity (Wildman–Crippen MR) is 138 cm³/mol. The number of carbonyl (C=O) groups excluding carboxylic acids is 1. The largest absolute Gasteiger partial charge is 0.340 e. The summed E-state index contributed by atoms with van der Waals surface area (Å²) in [6.07, 6.45) is 8.18. The summed E-state index contributed by atoms with van der Waals surface area (Å²) in [6.45, 7) is 2.71. The second-order valence-corrected chi connectivity index (χ2v) is 9.05. The van der Waals surface area contributed by atoms with Gasteiger partial charge in [0, 0.05) is 33.6 Å². The fourth-order valence-electron chi connectivity index (χ4n) is 4.00. The molecule has 0 radical (unpaired) electrons. The summed E-state index contributed by atoms with van der Waals surface area (Å²) in [5.74, 6) is 0.858. The number of benzene rings is 3. The first-order valence-corrected chi connectivity index (χ1v) is 12.0. The van der Waals surface area contributed by atoms with Gasteiger partial charge in [-0.25, -0.2) is 4.98 Å². The molecule has 3 aromatic carbocycles. The van der Waals surface area contributed by atoms with E-state index in [1.807, 2.05) is 65.7 Å². The lowest BCUT2D eigenvalue weighted by atomic mass is 10.1. The molecule has 5 heteroatoms. The lowest BCUT2D eigenvalue weighted by molar-refractivity contribution is 0.0987. The van der Waals surface area contributed by atoms with Gasteiger partial charge in [-0.05, 0) is 48.2 Å². The molecule has 1 aliphatic rings. The van der Waals surface area contributed by atoms with Crippen molar-refractivity contribution < 1.29 is 4.79 Å². The van der Waals surface area contributed by atoms with Gasteiger partial charge < -0.3 is 10.2 Å². The van der Waals surface area contributed by atoms with E-state index in [9.17, 15) is 4.79 Å². The van der Waals surface area contributed by atoms with Crippen molar-refractivity contribution >= 4 is 45.6 Å². The van der Waals surface area contributed by atoms with E-state index in [1.165, 1.54) is 0 Å². The van der Waals surface area contributed by atoms with Crippen molar-refractivity contribution in [3.63, 3.8) is 0 Å². The number of allylic oxidation sites excluding steroid dienone is 1. The molecule has 4 aromatic rings. The SMILES string of the molecule is CCC/C=C/CN1C(=O)c2ccccc2Sc2cc(Nc3nccc4ccccc34)ccc21. The minimum absolute atomic E-state index is 0.0365. The van der Waals surface area contributed by atoms with Gasteiger partial charge in [-0.15, -0.1) is 0 Å². The fraction of sp³-hybridized carbons (Fsp3) is 0.143. The van der Waals surface area contributed by atoms with Crippen molar-refractivity contribution in [3.8, 4) is 0 Å². The highest BCUT2D eigenvalue weighted by Gasteiger charge is 2.26. The molecule has 0 saturated heterocycles. The monoisotopic (exact) mass is 451 g/mol. The molecule has 0 aliphatic carbocycles. The third-order valence-electron chi connectivity index (χ3n) is 5.68. The third kappa shape index (κ3) is 4.37.